The Kier molecular flexibility index (Phi) is 17.5. The fourth-order valence-corrected chi connectivity index (χ4v) is 8.09. The van der Waals surface area contributed by atoms with Crippen LogP contribution in [0.15, 0.2) is 35.5 Å². The SMILES string of the molecule is CCCCCCCC(=O)O[C@H]1/C(=C/C(=O)OC)C[C@H]2C[C@H](CO)OC(=O)C[C@H](O)C[C@@H]3CCC[C@H](C[C@@H]4C/C(=C\C(=O)OC)C[C@H](/C=C/C(C)(C)[C@]1(O)O2)O4)O3. The maximum atomic E-state index is 13.4. The number of carbonyl (C=O) groups excluding carboxylic acids is 4. The number of aliphatic hydroxyl groups is 3. The lowest BCUT2D eigenvalue weighted by Gasteiger charge is -2.51. The van der Waals surface area contributed by atoms with E-state index in [2.05, 4.69) is 6.92 Å². The molecule has 0 spiro atoms. The van der Waals surface area contributed by atoms with Gasteiger partial charge in [-0.1, -0.05) is 64.2 Å². The third kappa shape index (κ3) is 13.2. The summed E-state index contributed by atoms with van der Waals surface area (Å²) < 4.78 is 40.9. The van der Waals surface area contributed by atoms with Crippen LogP contribution in [0.1, 0.15) is 124 Å². The second kappa shape index (κ2) is 21.6. The monoisotopic (exact) mass is 792 g/mol. The minimum atomic E-state index is -2.30. The van der Waals surface area contributed by atoms with Gasteiger partial charge in [-0.25, -0.2) is 9.59 Å². The third-order valence-electron chi connectivity index (χ3n) is 11.2. The molecule has 14 heteroatoms. The molecule has 316 valence electrons. The third-order valence-corrected chi connectivity index (χ3v) is 11.2. The van der Waals surface area contributed by atoms with Crippen LogP contribution in [-0.2, 0) is 52.3 Å². The van der Waals surface area contributed by atoms with Gasteiger partial charge in [0.05, 0.1) is 63.9 Å². The Bertz CT molecular complexity index is 1420. The van der Waals surface area contributed by atoms with Gasteiger partial charge in [0.25, 0.3) is 0 Å². The minimum absolute atomic E-state index is 0.0301. The number of unbranched alkanes of at least 4 members (excludes halogenated alkanes) is 4. The van der Waals surface area contributed by atoms with Crippen molar-refractivity contribution in [1.82, 2.24) is 0 Å². The number of methoxy groups -OCH3 is 2. The number of esters is 4. The van der Waals surface area contributed by atoms with Crippen molar-refractivity contribution >= 4 is 23.9 Å². The van der Waals surface area contributed by atoms with E-state index in [1.807, 2.05) is 0 Å². The topological polar surface area (TPSA) is 194 Å². The lowest BCUT2D eigenvalue weighted by molar-refractivity contribution is -0.327. The van der Waals surface area contributed by atoms with E-state index in [9.17, 15) is 34.5 Å². The molecular weight excluding hydrogens is 728 g/mol. The largest absolute Gasteiger partial charge is 0.466 e. The lowest BCUT2D eigenvalue weighted by atomic mass is 9.74. The van der Waals surface area contributed by atoms with Crippen molar-refractivity contribution in [3.8, 4) is 0 Å². The zero-order chi connectivity index (χ0) is 40.9. The molecule has 0 saturated carbocycles. The molecule has 3 saturated heterocycles. The lowest BCUT2D eigenvalue weighted by Crippen LogP contribution is -2.62. The Morgan fingerprint density at radius 3 is 2.27 bits per heavy atom. The summed E-state index contributed by atoms with van der Waals surface area (Å²) in [5, 5.41) is 34.0. The summed E-state index contributed by atoms with van der Waals surface area (Å²) in [6.07, 6.45) is 8.35. The Morgan fingerprint density at radius 2 is 1.57 bits per heavy atom. The smallest absolute Gasteiger partial charge is 0.330 e. The highest BCUT2D eigenvalue weighted by atomic mass is 16.7. The van der Waals surface area contributed by atoms with Gasteiger partial charge in [0.15, 0.2) is 6.10 Å². The number of cyclic esters (lactones) is 1. The standard InChI is InChI=1S/C42H64O14/c1-6-7-8-9-10-14-36(45)55-40-28(21-38(47)51-5)20-34-25-35(26-43)54-39(48)23-29(44)22-30-12-11-13-31(52-30)24-33-18-27(19-37(46)50-4)17-32(53-33)15-16-41(2,3)42(40,49)56-34/h15-16,19,21,29-35,40,43-44,49H,6-14,17-18,20,22-26H2,1-5H3/b16-15+,27-19-,28-21+/t29-,30+,31-,32+,33+,34+,35-,40+,42-/m1/s1. The number of ether oxygens (including phenoxy) is 7. The van der Waals surface area contributed by atoms with Crippen LogP contribution in [0, 0.1) is 5.41 Å². The average molecular weight is 793 g/mol. The second-order valence-corrected chi connectivity index (χ2v) is 16.2. The van der Waals surface area contributed by atoms with E-state index in [-0.39, 0.29) is 56.0 Å². The first-order valence-electron chi connectivity index (χ1n) is 20.3. The van der Waals surface area contributed by atoms with Gasteiger partial charge in [0.2, 0.25) is 5.79 Å². The van der Waals surface area contributed by atoms with Crippen molar-refractivity contribution in [3.63, 3.8) is 0 Å². The average Bonchev–Trinajstić information content (AvgIpc) is 3.14. The minimum Gasteiger partial charge on any atom is -0.466 e. The molecule has 0 aliphatic carbocycles. The van der Waals surface area contributed by atoms with Crippen molar-refractivity contribution in [2.45, 2.75) is 178 Å². The van der Waals surface area contributed by atoms with Gasteiger partial charge in [-0.05, 0) is 50.5 Å². The first kappa shape index (κ1) is 45.6. The molecule has 4 rings (SSSR count). The number of hydrogen-bond acceptors (Lipinski definition) is 14. The van der Waals surface area contributed by atoms with E-state index in [1.165, 1.54) is 26.4 Å². The fraction of sp³-hybridized carbons (Fsp3) is 0.762. The second-order valence-electron chi connectivity index (χ2n) is 16.2. The Labute approximate surface area is 330 Å². The maximum absolute atomic E-state index is 13.4. The molecular formula is C42H64O14. The van der Waals surface area contributed by atoms with Crippen LogP contribution in [0.2, 0.25) is 0 Å². The van der Waals surface area contributed by atoms with Crippen molar-refractivity contribution in [3.05, 3.63) is 35.5 Å². The molecule has 3 fully saturated rings. The first-order valence-corrected chi connectivity index (χ1v) is 20.3. The molecule has 4 aliphatic heterocycles. The van der Waals surface area contributed by atoms with E-state index in [0.717, 1.165) is 50.5 Å². The summed E-state index contributed by atoms with van der Waals surface area (Å²) >= 11 is 0. The Hall–Kier alpha value is -3.14. The number of aliphatic hydroxyl groups excluding tert-OH is 2. The molecule has 14 nitrogen and oxygen atoms in total. The van der Waals surface area contributed by atoms with Crippen molar-refractivity contribution in [1.29, 1.82) is 0 Å². The van der Waals surface area contributed by atoms with Crippen LogP contribution in [-0.4, -0.2) is 115 Å². The number of rotatable bonds is 10. The van der Waals surface area contributed by atoms with E-state index in [0.29, 0.717) is 25.7 Å². The molecule has 4 heterocycles. The van der Waals surface area contributed by atoms with Crippen molar-refractivity contribution in [2.75, 3.05) is 20.8 Å². The van der Waals surface area contributed by atoms with E-state index >= 15 is 0 Å². The van der Waals surface area contributed by atoms with Gasteiger partial charge in [-0.3, -0.25) is 9.59 Å². The van der Waals surface area contributed by atoms with Gasteiger partial charge in [-0.2, -0.15) is 0 Å². The molecule has 6 bridgehead atoms. The van der Waals surface area contributed by atoms with Gasteiger partial charge in [0.1, 0.15) is 6.10 Å². The van der Waals surface area contributed by atoms with E-state index in [4.69, 9.17) is 33.2 Å². The quantitative estimate of drug-likeness (QED) is 0.0895. The first-order chi connectivity index (χ1) is 26.7. The summed E-state index contributed by atoms with van der Waals surface area (Å²) in [6.45, 7) is 4.92. The van der Waals surface area contributed by atoms with Crippen LogP contribution in [0.5, 0.6) is 0 Å². The number of carbonyl (C=O) groups is 4. The highest BCUT2D eigenvalue weighted by Crippen LogP contribution is 2.47. The normalized spacial score (nSPS) is 34.8. The predicted molar refractivity (Wildman–Crippen MR) is 203 cm³/mol. The van der Waals surface area contributed by atoms with Gasteiger partial charge in [-0.15, -0.1) is 0 Å². The van der Waals surface area contributed by atoms with Gasteiger partial charge >= 0.3 is 23.9 Å². The van der Waals surface area contributed by atoms with Crippen LogP contribution in [0.25, 0.3) is 0 Å². The molecule has 0 aromatic carbocycles. The summed E-state index contributed by atoms with van der Waals surface area (Å²) in [5.41, 5.74) is -0.299. The maximum Gasteiger partial charge on any atom is 0.330 e. The summed E-state index contributed by atoms with van der Waals surface area (Å²) in [7, 11) is 2.53. The molecule has 9 atom stereocenters. The summed E-state index contributed by atoms with van der Waals surface area (Å²) in [6, 6.07) is 0. The predicted octanol–water partition coefficient (Wildman–Crippen LogP) is 4.84. The van der Waals surface area contributed by atoms with Crippen LogP contribution < -0.4 is 0 Å². The zero-order valence-electron chi connectivity index (χ0n) is 33.8. The van der Waals surface area contributed by atoms with Crippen LogP contribution in [0.3, 0.4) is 0 Å². The van der Waals surface area contributed by atoms with E-state index in [1.54, 1.807) is 26.0 Å². The molecule has 0 aromatic heterocycles. The highest BCUT2D eigenvalue weighted by Gasteiger charge is 2.57. The Balaban J connectivity index is 1.75. The zero-order valence-corrected chi connectivity index (χ0v) is 33.8. The molecule has 0 amide bonds. The fourth-order valence-electron chi connectivity index (χ4n) is 8.09. The van der Waals surface area contributed by atoms with Gasteiger partial charge < -0.3 is 48.5 Å². The number of fused-ring (bicyclic) bond motifs is 6. The Morgan fingerprint density at radius 1 is 0.875 bits per heavy atom. The molecule has 3 N–H and O–H groups in total. The van der Waals surface area contributed by atoms with Crippen molar-refractivity contribution < 1.29 is 67.7 Å². The molecule has 0 unspecified atom stereocenters. The highest BCUT2D eigenvalue weighted by molar-refractivity contribution is 5.83. The van der Waals surface area contributed by atoms with Crippen LogP contribution >= 0.6 is 0 Å². The summed E-state index contributed by atoms with van der Waals surface area (Å²) in [4.78, 5) is 51.6. The molecule has 56 heavy (non-hydrogen) atoms. The summed E-state index contributed by atoms with van der Waals surface area (Å²) in [5.74, 6) is -4.82. The van der Waals surface area contributed by atoms with Crippen molar-refractivity contribution in [2.24, 2.45) is 5.41 Å². The number of hydrogen-bond donors (Lipinski definition) is 3. The van der Waals surface area contributed by atoms with Gasteiger partial charge in [0, 0.05) is 43.3 Å². The molecule has 0 aromatic rings. The van der Waals surface area contributed by atoms with Crippen LogP contribution in [0.4, 0.5) is 0 Å². The molecule has 4 aliphatic rings. The van der Waals surface area contributed by atoms with E-state index < -0.39 is 72.2 Å². The molecule has 0 radical (unpaired) electrons.